The van der Waals surface area contributed by atoms with Crippen LogP contribution < -0.4 is 5.32 Å². The lowest BCUT2D eigenvalue weighted by Crippen LogP contribution is -2.23. The molecule has 106 valence electrons. The highest BCUT2D eigenvalue weighted by Crippen LogP contribution is 2.27. The summed E-state index contributed by atoms with van der Waals surface area (Å²) in [4.78, 5) is 1.14. The molecule has 0 aliphatic carbocycles. The van der Waals surface area contributed by atoms with E-state index in [4.69, 9.17) is 0 Å². The molecule has 1 N–H and O–H groups in total. The molecule has 0 fully saturated rings. The molecule has 4 heteroatoms. The van der Waals surface area contributed by atoms with Gasteiger partial charge in [-0.1, -0.05) is 31.2 Å². The molecule has 0 bridgehead atoms. The summed E-state index contributed by atoms with van der Waals surface area (Å²) in [5, 5.41) is 3.21. The number of halogens is 2. The molecule has 1 atom stereocenters. The van der Waals surface area contributed by atoms with E-state index in [-0.39, 0.29) is 6.04 Å². The number of nitrogens with one attached hydrogen (secondary N) is 1. The second-order valence-corrected chi connectivity index (χ2v) is 5.29. The highest BCUT2D eigenvalue weighted by atomic mass is 32.2. The Labute approximate surface area is 122 Å². The number of hydrogen-bond acceptors (Lipinski definition) is 2. The fourth-order valence-corrected chi connectivity index (χ4v) is 2.56. The van der Waals surface area contributed by atoms with E-state index in [1.807, 2.05) is 37.4 Å². The SMILES string of the molecule is CCNC(c1ccc(SC)cc1)c1cccc(F)c1F. The highest BCUT2D eigenvalue weighted by molar-refractivity contribution is 7.98. The minimum absolute atomic E-state index is 0.337. The van der Waals surface area contributed by atoms with Gasteiger partial charge >= 0.3 is 0 Å². The van der Waals surface area contributed by atoms with E-state index in [1.165, 1.54) is 6.07 Å². The van der Waals surface area contributed by atoms with Gasteiger partial charge in [0.15, 0.2) is 11.6 Å². The molecule has 1 nitrogen and oxygen atoms in total. The molecule has 0 heterocycles. The van der Waals surface area contributed by atoms with Crippen molar-refractivity contribution >= 4 is 11.8 Å². The summed E-state index contributed by atoms with van der Waals surface area (Å²) in [5.41, 5.74) is 1.26. The first-order chi connectivity index (χ1) is 9.67. The van der Waals surface area contributed by atoms with E-state index < -0.39 is 11.6 Å². The number of rotatable bonds is 5. The van der Waals surface area contributed by atoms with Gasteiger partial charge in [-0.3, -0.25) is 0 Å². The van der Waals surface area contributed by atoms with Crippen LogP contribution in [0.5, 0.6) is 0 Å². The standard InChI is InChI=1S/C16H17F2NS/c1-3-19-16(11-7-9-12(20-2)10-8-11)13-5-4-6-14(17)15(13)18/h4-10,16,19H,3H2,1-2H3. The van der Waals surface area contributed by atoms with Gasteiger partial charge in [-0.15, -0.1) is 11.8 Å². The van der Waals surface area contributed by atoms with Crippen molar-refractivity contribution in [2.24, 2.45) is 0 Å². The van der Waals surface area contributed by atoms with Crippen LogP contribution in [0.4, 0.5) is 8.78 Å². The zero-order valence-electron chi connectivity index (χ0n) is 11.5. The minimum atomic E-state index is -0.814. The van der Waals surface area contributed by atoms with Gasteiger partial charge in [0.2, 0.25) is 0 Å². The molecule has 0 aromatic heterocycles. The first kappa shape index (κ1) is 15.0. The molecule has 2 rings (SSSR count). The smallest absolute Gasteiger partial charge is 0.163 e. The van der Waals surface area contributed by atoms with E-state index in [2.05, 4.69) is 5.32 Å². The van der Waals surface area contributed by atoms with Gasteiger partial charge < -0.3 is 5.32 Å². The summed E-state index contributed by atoms with van der Waals surface area (Å²) in [6, 6.07) is 11.8. The predicted molar refractivity (Wildman–Crippen MR) is 80.1 cm³/mol. The van der Waals surface area contributed by atoms with Crippen molar-refractivity contribution in [3.05, 3.63) is 65.2 Å². The Bertz CT molecular complexity index is 569. The Morgan fingerprint density at radius 2 is 1.80 bits per heavy atom. The first-order valence-electron chi connectivity index (χ1n) is 6.48. The van der Waals surface area contributed by atoms with E-state index >= 15 is 0 Å². The average molecular weight is 293 g/mol. The zero-order chi connectivity index (χ0) is 14.5. The Kier molecular flexibility index (Phi) is 5.15. The molecule has 2 aromatic carbocycles. The summed E-state index contributed by atoms with van der Waals surface area (Å²) >= 11 is 1.65. The van der Waals surface area contributed by atoms with Crippen molar-refractivity contribution in [3.8, 4) is 0 Å². The molecule has 0 saturated carbocycles. The molecule has 2 aromatic rings. The topological polar surface area (TPSA) is 12.0 Å². The second-order valence-electron chi connectivity index (χ2n) is 4.41. The molecule has 0 aliphatic rings. The van der Waals surface area contributed by atoms with Gasteiger partial charge in [0.05, 0.1) is 6.04 Å². The van der Waals surface area contributed by atoms with Crippen LogP contribution in [0.15, 0.2) is 47.4 Å². The third-order valence-corrected chi connectivity index (χ3v) is 3.89. The fraction of sp³-hybridized carbons (Fsp3) is 0.250. The molecule has 0 amide bonds. The van der Waals surface area contributed by atoms with Crippen molar-refractivity contribution in [1.82, 2.24) is 5.32 Å². The molecule has 0 aliphatic heterocycles. The first-order valence-corrected chi connectivity index (χ1v) is 7.71. The van der Waals surface area contributed by atoms with Crippen LogP contribution >= 0.6 is 11.8 Å². The van der Waals surface area contributed by atoms with Crippen LogP contribution in [0.1, 0.15) is 24.1 Å². The zero-order valence-corrected chi connectivity index (χ0v) is 12.3. The summed E-state index contributed by atoms with van der Waals surface area (Å²) in [7, 11) is 0. The Balaban J connectivity index is 2.41. The van der Waals surface area contributed by atoms with E-state index in [9.17, 15) is 8.78 Å². The molecular weight excluding hydrogens is 276 g/mol. The Hall–Kier alpha value is -1.39. The Morgan fingerprint density at radius 3 is 2.40 bits per heavy atom. The monoisotopic (exact) mass is 293 g/mol. The number of benzene rings is 2. The van der Waals surface area contributed by atoms with Crippen molar-refractivity contribution in [2.75, 3.05) is 12.8 Å². The van der Waals surface area contributed by atoms with Crippen LogP contribution in [0.2, 0.25) is 0 Å². The van der Waals surface area contributed by atoms with Crippen molar-refractivity contribution < 1.29 is 8.78 Å². The molecule has 20 heavy (non-hydrogen) atoms. The summed E-state index contributed by atoms with van der Waals surface area (Å²) in [6.45, 7) is 2.62. The number of hydrogen-bond donors (Lipinski definition) is 1. The van der Waals surface area contributed by atoms with Gasteiger partial charge in [-0.05, 0) is 36.6 Å². The maximum absolute atomic E-state index is 14.0. The largest absolute Gasteiger partial charge is 0.306 e. The maximum Gasteiger partial charge on any atom is 0.163 e. The third kappa shape index (κ3) is 3.19. The summed E-state index contributed by atoms with van der Waals surface area (Å²) in [6.07, 6.45) is 2.00. The third-order valence-electron chi connectivity index (χ3n) is 3.15. The van der Waals surface area contributed by atoms with Gasteiger partial charge in [-0.25, -0.2) is 8.78 Å². The molecule has 0 saturated heterocycles. The lowest BCUT2D eigenvalue weighted by atomic mass is 9.98. The highest BCUT2D eigenvalue weighted by Gasteiger charge is 2.19. The van der Waals surface area contributed by atoms with Crippen molar-refractivity contribution in [3.63, 3.8) is 0 Å². The van der Waals surface area contributed by atoms with Gasteiger partial charge in [0, 0.05) is 10.5 Å². The lowest BCUT2D eigenvalue weighted by Gasteiger charge is -2.20. The molecule has 0 radical (unpaired) electrons. The predicted octanol–water partition coefficient (Wildman–Crippen LogP) is 4.39. The van der Waals surface area contributed by atoms with E-state index in [0.29, 0.717) is 12.1 Å². The van der Waals surface area contributed by atoms with E-state index in [1.54, 1.807) is 17.8 Å². The maximum atomic E-state index is 14.0. The number of thioether (sulfide) groups is 1. The summed E-state index contributed by atoms with van der Waals surface area (Å²) < 4.78 is 27.4. The van der Waals surface area contributed by atoms with Gasteiger partial charge in [0.25, 0.3) is 0 Å². The van der Waals surface area contributed by atoms with Crippen LogP contribution in [0, 0.1) is 11.6 Å². The lowest BCUT2D eigenvalue weighted by molar-refractivity contribution is 0.483. The van der Waals surface area contributed by atoms with Gasteiger partial charge in [-0.2, -0.15) is 0 Å². The van der Waals surface area contributed by atoms with Crippen LogP contribution in [-0.4, -0.2) is 12.8 Å². The van der Waals surface area contributed by atoms with Crippen LogP contribution in [-0.2, 0) is 0 Å². The fourth-order valence-electron chi connectivity index (χ4n) is 2.15. The Morgan fingerprint density at radius 1 is 1.10 bits per heavy atom. The summed E-state index contributed by atoms with van der Waals surface area (Å²) in [5.74, 6) is -1.60. The van der Waals surface area contributed by atoms with Crippen molar-refractivity contribution in [2.45, 2.75) is 17.9 Å². The van der Waals surface area contributed by atoms with Crippen LogP contribution in [0.25, 0.3) is 0 Å². The molecule has 0 spiro atoms. The molecule has 1 unspecified atom stereocenters. The van der Waals surface area contributed by atoms with Gasteiger partial charge in [0.1, 0.15) is 0 Å². The normalized spacial score (nSPS) is 12.4. The molecular formula is C16H17F2NS. The average Bonchev–Trinajstić information content (AvgIpc) is 2.48. The quantitative estimate of drug-likeness (QED) is 0.821. The van der Waals surface area contributed by atoms with E-state index in [0.717, 1.165) is 16.5 Å². The minimum Gasteiger partial charge on any atom is -0.306 e. The second kappa shape index (κ2) is 6.86. The van der Waals surface area contributed by atoms with Crippen molar-refractivity contribution in [1.29, 1.82) is 0 Å². The van der Waals surface area contributed by atoms with Crippen LogP contribution in [0.3, 0.4) is 0 Å².